The van der Waals surface area contributed by atoms with Crippen LogP contribution in [0.1, 0.15) is 41.4 Å². The van der Waals surface area contributed by atoms with E-state index >= 15 is 0 Å². The van der Waals surface area contributed by atoms with Gasteiger partial charge in [-0.1, -0.05) is 48.5 Å². The Bertz CT molecular complexity index is 948. The van der Waals surface area contributed by atoms with Crippen LogP contribution < -0.4 is 5.73 Å². The zero-order valence-corrected chi connectivity index (χ0v) is 12.7. The van der Waals surface area contributed by atoms with Crippen LogP contribution in [-0.2, 0) is 4.79 Å². The number of hydrogen-bond donors (Lipinski definition) is 1. The third-order valence-electron chi connectivity index (χ3n) is 4.97. The van der Waals surface area contributed by atoms with Gasteiger partial charge in [0.2, 0.25) is 6.29 Å². The first-order chi connectivity index (χ1) is 11.9. The first-order valence-electron chi connectivity index (χ1n) is 7.46. The Morgan fingerprint density at radius 3 is 1.28 bits per heavy atom. The molecule has 6 heteroatoms. The lowest BCUT2D eigenvalue weighted by molar-refractivity contribution is 0.0468. The van der Waals surface area contributed by atoms with Crippen LogP contribution in [0.25, 0.3) is 0 Å². The first-order valence-corrected chi connectivity index (χ1v) is 7.46. The Morgan fingerprint density at radius 2 is 0.960 bits per heavy atom. The summed E-state index contributed by atoms with van der Waals surface area (Å²) in [6.45, 7) is 0. The van der Waals surface area contributed by atoms with Gasteiger partial charge in [-0.15, -0.1) is 0 Å². The van der Waals surface area contributed by atoms with Gasteiger partial charge >= 0.3 is 0 Å². The molecule has 0 spiro atoms. The highest BCUT2D eigenvalue weighted by atomic mass is 16.2. The summed E-state index contributed by atoms with van der Waals surface area (Å²) in [5.74, 6) is -3.82. The fraction of sp³-hybridized carbons (Fsp3) is 0.105. The van der Waals surface area contributed by atoms with Crippen molar-refractivity contribution in [3.05, 3.63) is 70.8 Å². The molecular weight excluding hydrogens is 322 g/mol. The van der Waals surface area contributed by atoms with Crippen molar-refractivity contribution in [2.75, 3.05) is 0 Å². The fourth-order valence-electron chi connectivity index (χ4n) is 3.67. The number of hydrogen-bond acceptors (Lipinski definition) is 6. The average Bonchev–Trinajstić information content (AvgIpc) is 2.65. The summed E-state index contributed by atoms with van der Waals surface area (Å²) in [6.07, 6.45) is 1.39. The highest BCUT2D eigenvalue weighted by Gasteiger charge is 2.73. The summed E-state index contributed by atoms with van der Waals surface area (Å²) in [6, 6.07) is 11.3. The number of nitrogens with two attached hydrogens (primary N) is 1. The van der Waals surface area contributed by atoms with E-state index in [-0.39, 0.29) is 22.3 Å². The van der Waals surface area contributed by atoms with Gasteiger partial charge in [-0.3, -0.25) is 24.0 Å². The molecule has 25 heavy (non-hydrogen) atoms. The summed E-state index contributed by atoms with van der Waals surface area (Å²) in [4.78, 5) is 64.0. The average molecular weight is 332 g/mol. The highest BCUT2D eigenvalue weighted by molar-refractivity contribution is 6.47. The predicted octanol–water partition coefficient (Wildman–Crippen LogP) is 0.938. The van der Waals surface area contributed by atoms with Crippen LogP contribution in [0, 0.1) is 5.41 Å². The van der Waals surface area contributed by atoms with E-state index in [0.29, 0.717) is 0 Å². The van der Waals surface area contributed by atoms with Crippen molar-refractivity contribution in [1.29, 1.82) is 0 Å². The third-order valence-corrected chi connectivity index (χ3v) is 4.97. The molecule has 0 heterocycles. The minimum absolute atomic E-state index is 0.0820. The van der Waals surface area contributed by atoms with Gasteiger partial charge in [0, 0.05) is 22.3 Å². The van der Waals surface area contributed by atoms with Crippen molar-refractivity contribution in [3.8, 4) is 0 Å². The van der Waals surface area contributed by atoms with E-state index in [1.807, 2.05) is 0 Å². The molecule has 0 bridgehead atoms. The summed E-state index contributed by atoms with van der Waals surface area (Å²) < 4.78 is 0. The molecule has 121 valence electrons. The SMILES string of the molecule is NC12C(=O)c3ccccc3C(=O)C1([C]=O)C(=O)c1ccccc1C2=O. The molecule has 0 aromatic heterocycles. The van der Waals surface area contributed by atoms with Crippen molar-refractivity contribution >= 4 is 29.4 Å². The maximum atomic E-state index is 13.1. The predicted molar refractivity (Wildman–Crippen MR) is 85.3 cm³/mol. The second-order valence-electron chi connectivity index (χ2n) is 6.07. The molecule has 0 saturated heterocycles. The zero-order valence-electron chi connectivity index (χ0n) is 12.7. The molecule has 6 nitrogen and oxygen atoms in total. The molecule has 2 aliphatic rings. The monoisotopic (exact) mass is 332 g/mol. The second kappa shape index (κ2) is 4.64. The van der Waals surface area contributed by atoms with Crippen LogP contribution in [0.15, 0.2) is 48.5 Å². The van der Waals surface area contributed by atoms with Gasteiger partial charge < -0.3 is 5.73 Å². The van der Waals surface area contributed by atoms with Gasteiger partial charge in [0.1, 0.15) is 0 Å². The van der Waals surface area contributed by atoms with E-state index in [4.69, 9.17) is 5.73 Å². The number of Topliss-reactive ketones (excluding diaryl/α,β-unsaturated/α-hetero) is 4. The third kappa shape index (κ3) is 1.46. The molecule has 0 fully saturated rings. The second-order valence-corrected chi connectivity index (χ2v) is 6.07. The Morgan fingerprint density at radius 1 is 0.640 bits per heavy atom. The Hall–Kier alpha value is -3.25. The van der Waals surface area contributed by atoms with E-state index in [2.05, 4.69) is 0 Å². The number of benzene rings is 2. The molecule has 0 unspecified atom stereocenters. The minimum atomic E-state index is -2.70. The molecule has 0 amide bonds. The summed E-state index contributed by atoms with van der Waals surface area (Å²) in [7, 11) is 0. The molecular formula is C19H10NO5. The van der Waals surface area contributed by atoms with Gasteiger partial charge in [0.05, 0.1) is 0 Å². The Labute approximate surface area is 141 Å². The van der Waals surface area contributed by atoms with Gasteiger partial charge in [0.15, 0.2) is 34.1 Å². The number of carbonyl (C=O) groups is 4. The maximum absolute atomic E-state index is 13.1. The molecule has 4 rings (SSSR count). The molecule has 2 aliphatic carbocycles. The van der Waals surface area contributed by atoms with E-state index in [1.54, 1.807) is 0 Å². The molecule has 1 radical (unpaired) electrons. The van der Waals surface area contributed by atoms with Gasteiger partial charge in [-0.05, 0) is 0 Å². The summed E-state index contributed by atoms with van der Waals surface area (Å²) in [5, 5.41) is 0. The van der Waals surface area contributed by atoms with Crippen molar-refractivity contribution < 1.29 is 24.0 Å². The Balaban J connectivity index is 2.17. The van der Waals surface area contributed by atoms with E-state index in [1.165, 1.54) is 54.8 Å². The quantitative estimate of drug-likeness (QED) is 0.778. The topological polar surface area (TPSA) is 111 Å². The standard InChI is InChI=1S/C19H10NO5/c20-19-16(24)12-7-3-1-5-10(12)14(22)18(19,9-21)15(23)11-6-2-4-8-13(11)17(19)25/h1-8H,20H2. The van der Waals surface area contributed by atoms with E-state index in [9.17, 15) is 24.0 Å². The van der Waals surface area contributed by atoms with Crippen molar-refractivity contribution in [2.24, 2.45) is 11.1 Å². The fourth-order valence-corrected chi connectivity index (χ4v) is 3.67. The molecule has 2 aromatic rings. The Kier molecular flexibility index (Phi) is 2.84. The van der Waals surface area contributed by atoms with Crippen LogP contribution in [0.4, 0.5) is 0 Å². The maximum Gasteiger partial charge on any atom is 0.224 e. The number of rotatable bonds is 1. The van der Waals surface area contributed by atoms with Crippen LogP contribution >= 0.6 is 0 Å². The highest BCUT2D eigenvalue weighted by Crippen LogP contribution is 2.47. The van der Waals surface area contributed by atoms with Crippen molar-refractivity contribution in [1.82, 2.24) is 0 Å². The lowest BCUT2D eigenvalue weighted by Crippen LogP contribution is -2.76. The number of ketones is 4. The molecule has 0 aliphatic heterocycles. The molecule has 0 atom stereocenters. The molecule has 2 aromatic carbocycles. The van der Waals surface area contributed by atoms with Crippen molar-refractivity contribution in [3.63, 3.8) is 0 Å². The van der Waals surface area contributed by atoms with Crippen LogP contribution in [0.2, 0.25) is 0 Å². The van der Waals surface area contributed by atoms with Crippen LogP contribution in [-0.4, -0.2) is 35.0 Å². The van der Waals surface area contributed by atoms with Gasteiger partial charge in [-0.2, -0.15) is 0 Å². The lowest BCUT2D eigenvalue weighted by atomic mass is 9.51. The zero-order chi connectivity index (χ0) is 18.0. The summed E-state index contributed by atoms with van der Waals surface area (Å²) >= 11 is 0. The smallest absolute Gasteiger partial charge is 0.224 e. The van der Waals surface area contributed by atoms with Crippen LogP contribution in [0.5, 0.6) is 0 Å². The first kappa shape index (κ1) is 15.3. The normalized spacial score (nSPS) is 27.4. The number of fused-ring (bicyclic) bond motifs is 3. The van der Waals surface area contributed by atoms with E-state index < -0.39 is 34.1 Å². The summed E-state index contributed by atoms with van der Waals surface area (Å²) in [5.41, 5.74) is 0.375. The van der Waals surface area contributed by atoms with Crippen LogP contribution in [0.3, 0.4) is 0 Å². The lowest BCUT2D eigenvalue weighted by Gasteiger charge is -2.45. The van der Waals surface area contributed by atoms with Gasteiger partial charge in [0.25, 0.3) is 0 Å². The minimum Gasteiger partial charge on any atom is -0.310 e. The largest absolute Gasteiger partial charge is 0.310 e. The van der Waals surface area contributed by atoms with Gasteiger partial charge in [-0.25, -0.2) is 0 Å². The van der Waals surface area contributed by atoms with E-state index in [0.717, 1.165) is 0 Å². The molecule has 2 N–H and O–H groups in total. The molecule has 0 saturated carbocycles. The van der Waals surface area contributed by atoms with Crippen molar-refractivity contribution in [2.45, 2.75) is 5.54 Å². The number of carbonyl (C=O) groups excluding carboxylic acids is 5.